The lowest BCUT2D eigenvalue weighted by molar-refractivity contribution is 0.0527. The van der Waals surface area contributed by atoms with Gasteiger partial charge in [-0.1, -0.05) is 0 Å². The van der Waals surface area contributed by atoms with Crippen molar-refractivity contribution in [3.05, 3.63) is 39.8 Å². The lowest BCUT2D eigenvalue weighted by atomic mass is 10.1. The van der Waals surface area contributed by atoms with E-state index in [2.05, 4.69) is 15.8 Å². The molecule has 0 saturated carbocycles. The van der Waals surface area contributed by atoms with Gasteiger partial charge in [0.05, 0.1) is 32.6 Å². The minimum absolute atomic E-state index is 0.280. The lowest BCUT2D eigenvalue weighted by Crippen LogP contribution is -2.25. The number of thiophene rings is 1. The maximum Gasteiger partial charge on any atom is 0.341 e. The normalized spacial score (nSPS) is 12.5. The molecular formula is C20H23N3O5S. The van der Waals surface area contributed by atoms with Crippen LogP contribution in [0, 0.1) is 0 Å². The number of methoxy groups -OCH3 is 2. The number of amides is 2. The zero-order valence-corrected chi connectivity index (χ0v) is 17.4. The molecule has 29 heavy (non-hydrogen) atoms. The minimum atomic E-state index is -0.548. The number of hydrazone groups is 1. The standard InChI is InChI=1S/C20H23N3O5S/c1-4-28-19(24)17-14-6-5-7-16(14)29-18(17)22-20(25)23-21-11-12-10-13(26-2)8-9-15(12)27-3/h8-11H,4-7H2,1-3H3,(H2,22,23,25). The van der Waals surface area contributed by atoms with Gasteiger partial charge >= 0.3 is 12.0 Å². The van der Waals surface area contributed by atoms with Crippen molar-refractivity contribution in [2.24, 2.45) is 5.10 Å². The Morgan fingerprint density at radius 3 is 2.79 bits per heavy atom. The molecule has 3 rings (SSSR count). The van der Waals surface area contributed by atoms with Crippen LogP contribution in [0.25, 0.3) is 0 Å². The summed E-state index contributed by atoms with van der Waals surface area (Å²) in [5.41, 5.74) is 4.49. The Hall–Kier alpha value is -3.07. The van der Waals surface area contributed by atoms with Gasteiger partial charge in [0.1, 0.15) is 16.5 Å². The third-order valence-electron chi connectivity index (χ3n) is 4.43. The molecule has 8 nitrogen and oxygen atoms in total. The number of rotatable bonds is 7. The summed E-state index contributed by atoms with van der Waals surface area (Å²) in [7, 11) is 3.11. The molecule has 9 heteroatoms. The van der Waals surface area contributed by atoms with E-state index in [-0.39, 0.29) is 6.61 Å². The quantitative estimate of drug-likeness (QED) is 0.408. The molecule has 2 N–H and O–H groups in total. The van der Waals surface area contributed by atoms with Crippen LogP contribution in [0.1, 0.15) is 39.7 Å². The Labute approximate surface area is 172 Å². The highest BCUT2D eigenvalue weighted by Gasteiger charge is 2.28. The molecule has 0 aliphatic heterocycles. The molecule has 0 atom stereocenters. The summed E-state index contributed by atoms with van der Waals surface area (Å²) in [5, 5.41) is 7.16. The van der Waals surface area contributed by atoms with Crippen molar-refractivity contribution >= 4 is 34.6 Å². The van der Waals surface area contributed by atoms with Crippen LogP contribution in [0.5, 0.6) is 11.5 Å². The summed E-state index contributed by atoms with van der Waals surface area (Å²) >= 11 is 1.41. The number of hydrogen-bond acceptors (Lipinski definition) is 7. The lowest BCUT2D eigenvalue weighted by Gasteiger charge is -2.08. The third-order valence-corrected chi connectivity index (χ3v) is 5.64. The molecule has 1 aliphatic carbocycles. The minimum Gasteiger partial charge on any atom is -0.497 e. The van der Waals surface area contributed by atoms with Gasteiger partial charge in [0.15, 0.2) is 0 Å². The van der Waals surface area contributed by atoms with Crippen LogP contribution < -0.4 is 20.2 Å². The van der Waals surface area contributed by atoms with E-state index in [9.17, 15) is 9.59 Å². The van der Waals surface area contributed by atoms with Gasteiger partial charge in [-0.05, 0) is 49.9 Å². The first kappa shape index (κ1) is 20.7. The van der Waals surface area contributed by atoms with E-state index in [4.69, 9.17) is 14.2 Å². The molecule has 1 heterocycles. The molecule has 0 radical (unpaired) electrons. The average Bonchev–Trinajstić information content (AvgIpc) is 3.28. The van der Waals surface area contributed by atoms with Gasteiger partial charge in [-0.2, -0.15) is 5.10 Å². The summed E-state index contributed by atoms with van der Waals surface area (Å²) < 4.78 is 15.6. The van der Waals surface area contributed by atoms with E-state index in [0.29, 0.717) is 27.6 Å². The number of benzene rings is 1. The zero-order chi connectivity index (χ0) is 20.8. The van der Waals surface area contributed by atoms with Crippen molar-refractivity contribution in [2.75, 3.05) is 26.1 Å². The number of hydrogen-bond donors (Lipinski definition) is 2. The van der Waals surface area contributed by atoms with Gasteiger partial charge < -0.3 is 14.2 Å². The van der Waals surface area contributed by atoms with Gasteiger partial charge in [0.25, 0.3) is 0 Å². The number of esters is 1. The molecule has 0 spiro atoms. The van der Waals surface area contributed by atoms with Gasteiger partial charge in [0.2, 0.25) is 0 Å². The van der Waals surface area contributed by atoms with E-state index in [1.807, 2.05) is 0 Å². The molecule has 0 saturated heterocycles. The molecule has 0 fully saturated rings. The van der Waals surface area contributed by atoms with E-state index < -0.39 is 12.0 Å². The molecule has 2 aromatic rings. The van der Waals surface area contributed by atoms with E-state index in [1.54, 1.807) is 39.3 Å². The maximum atomic E-state index is 12.4. The van der Waals surface area contributed by atoms with Crippen molar-refractivity contribution in [1.29, 1.82) is 0 Å². The Kier molecular flexibility index (Phi) is 6.71. The van der Waals surface area contributed by atoms with Gasteiger partial charge in [-0.3, -0.25) is 5.32 Å². The molecule has 0 unspecified atom stereocenters. The van der Waals surface area contributed by atoms with Crippen molar-refractivity contribution in [3.8, 4) is 11.5 Å². The second-order valence-electron chi connectivity index (χ2n) is 6.21. The zero-order valence-electron chi connectivity index (χ0n) is 16.5. The number of carbonyl (C=O) groups excluding carboxylic acids is 2. The molecule has 1 aliphatic rings. The molecule has 1 aromatic heterocycles. The predicted molar refractivity (Wildman–Crippen MR) is 112 cm³/mol. The van der Waals surface area contributed by atoms with Crippen LogP contribution in [-0.4, -0.2) is 39.0 Å². The number of nitrogens with zero attached hydrogens (tertiary/aromatic N) is 1. The van der Waals surface area contributed by atoms with Crippen LogP contribution >= 0.6 is 11.3 Å². The van der Waals surface area contributed by atoms with Crippen LogP contribution in [0.2, 0.25) is 0 Å². The fourth-order valence-corrected chi connectivity index (χ4v) is 4.42. The van der Waals surface area contributed by atoms with Crippen molar-refractivity contribution in [2.45, 2.75) is 26.2 Å². The molecule has 0 bridgehead atoms. The highest BCUT2D eigenvalue weighted by atomic mass is 32.1. The Balaban J connectivity index is 1.71. The van der Waals surface area contributed by atoms with E-state index >= 15 is 0 Å². The fourth-order valence-electron chi connectivity index (χ4n) is 3.14. The van der Waals surface area contributed by atoms with Gasteiger partial charge in [-0.15, -0.1) is 11.3 Å². The number of anilines is 1. The van der Waals surface area contributed by atoms with Crippen molar-refractivity contribution in [1.82, 2.24) is 5.43 Å². The first-order valence-corrected chi connectivity index (χ1v) is 10.0. The Morgan fingerprint density at radius 2 is 2.07 bits per heavy atom. The van der Waals surface area contributed by atoms with E-state index in [0.717, 1.165) is 29.7 Å². The predicted octanol–water partition coefficient (Wildman–Crippen LogP) is 3.59. The van der Waals surface area contributed by atoms with Crippen LogP contribution in [0.4, 0.5) is 9.80 Å². The summed E-state index contributed by atoms with van der Waals surface area (Å²) in [6, 6.07) is 4.71. The molecule has 154 valence electrons. The second-order valence-corrected chi connectivity index (χ2v) is 7.32. The smallest absolute Gasteiger partial charge is 0.341 e. The average molecular weight is 417 g/mol. The Bertz CT molecular complexity index is 938. The number of urea groups is 1. The summed E-state index contributed by atoms with van der Waals surface area (Å²) in [4.78, 5) is 25.8. The summed E-state index contributed by atoms with van der Waals surface area (Å²) in [6.07, 6.45) is 4.19. The number of nitrogens with one attached hydrogen (secondary N) is 2. The summed E-state index contributed by atoms with van der Waals surface area (Å²) in [5.74, 6) is 0.826. The third kappa shape index (κ3) is 4.68. The highest BCUT2D eigenvalue weighted by molar-refractivity contribution is 7.17. The first-order valence-electron chi connectivity index (χ1n) is 9.21. The largest absolute Gasteiger partial charge is 0.497 e. The summed E-state index contributed by atoms with van der Waals surface area (Å²) in [6.45, 7) is 2.04. The topological polar surface area (TPSA) is 98.2 Å². The first-order chi connectivity index (χ1) is 14.1. The highest BCUT2D eigenvalue weighted by Crippen LogP contribution is 2.39. The molecule has 2 amide bonds. The van der Waals surface area contributed by atoms with Crippen molar-refractivity contribution < 1.29 is 23.8 Å². The second kappa shape index (κ2) is 9.42. The van der Waals surface area contributed by atoms with Crippen LogP contribution in [-0.2, 0) is 17.6 Å². The monoisotopic (exact) mass is 417 g/mol. The Morgan fingerprint density at radius 1 is 1.24 bits per heavy atom. The van der Waals surface area contributed by atoms with E-state index in [1.165, 1.54) is 17.6 Å². The number of ether oxygens (including phenoxy) is 3. The molecular weight excluding hydrogens is 394 g/mol. The molecule has 1 aromatic carbocycles. The fraction of sp³-hybridized carbons (Fsp3) is 0.350. The maximum absolute atomic E-state index is 12.4. The van der Waals surface area contributed by atoms with Crippen LogP contribution in [0.15, 0.2) is 23.3 Å². The SMILES string of the molecule is CCOC(=O)c1c(NC(=O)NN=Cc2cc(OC)ccc2OC)sc2c1CCC2. The van der Waals surface area contributed by atoms with Crippen molar-refractivity contribution in [3.63, 3.8) is 0 Å². The number of carbonyl (C=O) groups is 2. The van der Waals surface area contributed by atoms with Gasteiger partial charge in [0, 0.05) is 10.4 Å². The number of fused-ring (bicyclic) bond motifs is 1. The van der Waals surface area contributed by atoms with Gasteiger partial charge in [-0.25, -0.2) is 15.0 Å². The number of aryl methyl sites for hydroxylation is 1. The van der Waals surface area contributed by atoms with Crippen LogP contribution in [0.3, 0.4) is 0 Å².